The monoisotopic (exact) mass is 154 g/mol. The standard InChI is InChI=1S/C8H14N2O/c1-2-3-8(6-9)4-5-10-7(8)11/h2H,1,3-6,9H2,(H,10,11)/t8-/m0/s1. The highest BCUT2D eigenvalue weighted by molar-refractivity contribution is 5.85. The predicted octanol–water partition coefficient (Wildman–Crippen LogP) is 0.0275. The molecule has 1 amide bonds. The van der Waals surface area contributed by atoms with Crippen molar-refractivity contribution in [2.45, 2.75) is 12.8 Å². The zero-order valence-electron chi connectivity index (χ0n) is 6.60. The normalized spacial score (nSPS) is 30.1. The van der Waals surface area contributed by atoms with Crippen LogP contribution >= 0.6 is 0 Å². The molecule has 0 bridgehead atoms. The molecular formula is C8H14N2O. The van der Waals surface area contributed by atoms with Gasteiger partial charge in [-0.3, -0.25) is 4.79 Å². The van der Waals surface area contributed by atoms with Gasteiger partial charge in [0.25, 0.3) is 0 Å². The lowest BCUT2D eigenvalue weighted by Gasteiger charge is -2.21. The van der Waals surface area contributed by atoms with E-state index in [0.29, 0.717) is 13.0 Å². The third kappa shape index (κ3) is 1.28. The SMILES string of the molecule is C=CC[C@@]1(CN)CCNC1=O. The first-order chi connectivity index (χ1) is 5.25. The van der Waals surface area contributed by atoms with E-state index in [9.17, 15) is 4.79 Å². The van der Waals surface area contributed by atoms with E-state index in [1.807, 2.05) is 0 Å². The van der Waals surface area contributed by atoms with Crippen molar-refractivity contribution < 1.29 is 4.79 Å². The van der Waals surface area contributed by atoms with Crippen LogP contribution in [0, 0.1) is 5.41 Å². The van der Waals surface area contributed by atoms with E-state index < -0.39 is 0 Å². The molecular weight excluding hydrogens is 140 g/mol. The summed E-state index contributed by atoms with van der Waals surface area (Å²) in [6, 6.07) is 0. The molecule has 1 saturated heterocycles. The second kappa shape index (κ2) is 3.05. The van der Waals surface area contributed by atoms with Crippen LogP contribution in [0.25, 0.3) is 0 Å². The first-order valence-electron chi connectivity index (χ1n) is 3.84. The molecule has 0 aromatic rings. The van der Waals surface area contributed by atoms with Crippen LogP contribution in [-0.2, 0) is 4.79 Å². The van der Waals surface area contributed by atoms with Gasteiger partial charge in [-0.05, 0) is 12.8 Å². The number of hydrogen-bond acceptors (Lipinski definition) is 2. The molecule has 1 atom stereocenters. The van der Waals surface area contributed by atoms with Crippen molar-refractivity contribution in [2.75, 3.05) is 13.1 Å². The molecule has 11 heavy (non-hydrogen) atoms. The number of allylic oxidation sites excluding steroid dienone is 1. The summed E-state index contributed by atoms with van der Waals surface area (Å²) >= 11 is 0. The Labute approximate surface area is 66.6 Å². The van der Waals surface area contributed by atoms with Gasteiger partial charge >= 0.3 is 0 Å². The van der Waals surface area contributed by atoms with E-state index >= 15 is 0 Å². The highest BCUT2D eigenvalue weighted by Crippen LogP contribution is 2.29. The van der Waals surface area contributed by atoms with Gasteiger partial charge in [-0.1, -0.05) is 6.08 Å². The Balaban J connectivity index is 2.72. The van der Waals surface area contributed by atoms with Gasteiger partial charge in [0.05, 0.1) is 5.41 Å². The lowest BCUT2D eigenvalue weighted by atomic mass is 9.83. The molecule has 1 rings (SSSR count). The molecule has 1 aliphatic rings. The summed E-state index contributed by atoms with van der Waals surface area (Å²) in [7, 11) is 0. The molecule has 3 N–H and O–H groups in total. The molecule has 0 spiro atoms. The summed E-state index contributed by atoms with van der Waals surface area (Å²) in [5.41, 5.74) is 5.19. The Bertz CT molecular complexity index is 179. The highest BCUT2D eigenvalue weighted by Gasteiger charge is 2.39. The molecule has 0 aromatic heterocycles. The average Bonchev–Trinajstić information content (AvgIpc) is 2.35. The molecule has 0 unspecified atom stereocenters. The van der Waals surface area contributed by atoms with Crippen LogP contribution in [0.15, 0.2) is 12.7 Å². The van der Waals surface area contributed by atoms with Crippen molar-refractivity contribution in [3.8, 4) is 0 Å². The quantitative estimate of drug-likeness (QED) is 0.563. The van der Waals surface area contributed by atoms with E-state index in [1.165, 1.54) is 0 Å². The molecule has 1 aliphatic heterocycles. The molecule has 0 aromatic carbocycles. The number of carbonyl (C=O) groups is 1. The predicted molar refractivity (Wildman–Crippen MR) is 43.9 cm³/mol. The Morgan fingerprint density at radius 3 is 2.91 bits per heavy atom. The fourth-order valence-corrected chi connectivity index (χ4v) is 1.47. The van der Waals surface area contributed by atoms with Crippen molar-refractivity contribution >= 4 is 5.91 Å². The molecule has 0 saturated carbocycles. The summed E-state index contributed by atoms with van der Waals surface area (Å²) in [5.74, 6) is 0.0832. The third-order valence-electron chi connectivity index (χ3n) is 2.30. The van der Waals surface area contributed by atoms with Crippen molar-refractivity contribution in [3.05, 3.63) is 12.7 Å². The van der Waals surface area contributed by atoms with Crippen LogP contribution in [0.2, 0.25) is 0 Å². The van der Waals surface area contributed by atoms with Gasteiger partial charge in [0.2, 0.25) is 5.91 Å². The lowest BCUT2D eigenvalue weighted by molar-refractivity contribution is -0.127. The minimum atomic E-state index is -0.345. The van der Waals surface area contributed by atoms with Crippen molar-refractivity contribution in [1.29, 1.82) is 0 Å². The molecule has 0 aliphatic carbocycles. The van der Waals surface area contributed by atoms with Crippen LogP contribution < -0.4 is 11.1 Å². The van der Waals surface area contributed by atoms with Crippen molar-refractivity contribution in [3.63, 3.8) is 0 Å². The summed E-state index contributed by atoms with van der Waals surface area (Å²) in [4.78, 5) is 11.3. The molecule has 3 heteroatoms. The Morgan fingerprint density at radius 1 is 1.82 bits per heavy atom. The second-order valence-electron chi connectivity index (χ2n) is 2.98. The number of rotatable bonds is 3. The second-order valence-corrected chi connectivity index (χ2v) is 2.98. The van der Waals surface area contributed by atoms with Gasteiger partial charge in [0.1, 0.15) is 0 Å². The Morgan fingerprint density at radius 2 is 2.55 bits per heavy atom. The van der Waals surface area contributed by atoms with Gasteiger partial charge in [-0.2, -0.15) is 0 Å². The van der Waals surface area contributed by atoms with E-state index in [2.05, 4.69) is 11.9 Å². The Hall–Kier alpha value is -0.830. The summed E-state index contributed by atoms with van der Waals surface area (Å²) in [5, 5.41) is 2.78. The van der Waals surface area contributed by atoms with E-state index in [4.69, 9.17) is 5.73 Å². The van der Waals surface area contributed by atoms with E-state index in [-0.39, 0.29) is 11.3 Å². The van der Waals surface area contributed by atoms with Crippen LogP contribution in [0.3, 0.4) is 0 Å². The molecule has 0 radical (unpaired) electrons. The Kier molecular flexibility index (Phi) is 2.29. The summed E-state index contributed by atoms with van der Waals surface area (Å²) < 4.78 is 0. The number of hydrogen-bond donors (Lipinski definition) is 2. The topological polar surface area (TPSA) is 55.1 Å². The maximum Gasteiger partial charge on any atom is 0.227 e. The highest BCUT2D eigenvalue weighted by atomic mass is 16.2. The summed E-state index contributed by atoms with van der Waals surface area (Å²) in [6.07, 6.45) is 3.29. The summed E-state index contributed by atoms with van der Waals surface area (Å²) in [6.45, 7) is 4.79. The van der Waals surface area contributed by atoms with Gasteiger partial charge in [-0.15, -0.1) is 6.58 Å². The van der Waals surface area contributed by atoms with Gasteiger partial charge < -0.3 is 11.1 Å². The maximum absolute atomic E-state index is 11.3. The largest absolute Gasteiger partial charge is 0.356 e. The first-order valence-corrected chi connectivity index (χ1v) is 3.84. The van der Waals surface area contributed by atoms with Crippen molar-refractivity contribution in [2.24, 2.45) is 11.1 Å². The first kappa shape index (κ1) is 8.27. The van der Waals surface area contributed by atoms with E-state index in [0.717, 1.165) is 13.0 Å². The lowest BCUT2D eigenvalue weighted by Crippen LogP contribution is -2.37. The molecule has 62 valence electrons. The van der Waals surface area contributed by atoms with Gasteiger partial charge in [-0.25, -0.2) is 0 Å². The van der Waals surface area contributed by atoms with Gasteiger partial charge in [0, 0.05) is 13.1 Å². The van der Waals surface area contributed by atoms with Crippen LogP contribution in [0.5, 0.6) is 0 Å². The van der Waals surface area contributed by atoms with Crippen molar-refractivity contribution in [1.82, 2.24) is 5.32 Å². The third-order valence-corrected chi connectivity index (χ3v) is 2.30. The molecule has 1 heterocycles. The van der Waals surface area contributed by atoms with Crippen LogP contribution in [0.4, 0.5) is 0 Å². The smallest absolute Gasteiger partial charge is 0.227 e. The van der Waals surface area contributed by atoms with Crippen LogP contribution in [0.1, 0.15) is 12.8 Å². The maximum atomic E-state index is 11.3. The average molecular weight is 154 g/mol. The fourth-order valence-electron chi connectivity index (χ4n) is 1.47. The molecule has 1 fully saturated rings. The molecule has 3 nitrogen and oxygen atoms in total. The fraction of sp³-hybridized carbons (Fsp3) is 0.625. The number of nitrogens with two attached hydrogens (primary N) is 1. The number of nitrogens with one attached hydrogen (secondary N) is 1. The van der Waals surface area contributed by atoms with E-state index in [1.54, 1.807) is 6.08 Å². The number of amides is 1. The number of carbonyl (C=O) groups excluding carboxylic acids is 1. The minimum Gasteiger partial charge on any atom is -0.356 e. The van der Waals surface area contributed by atoms with Gasteiger partial charge in [0.15, 0.2) is 0 Å². The minimum absolute atomic E-state index is 0.0832. The van der Waals surface area contributed by atoms with Crippen LogP contribution in [-0.4, -0.2) is 19.0 Å². The zero-order valence-corrected chi connectivity index (χ0v) is 6.60. The zero-order chi connectivity index (χ0) is 8.32.